The van der Waals surface area contributed by atoms with Gasteiger partial charge in [0, 0.05) is 76.4 Å². The zero-order valence-electron chi connectivity index (χ0n) is 28.5. The van der Waals surface area contributed by atoms with E-state index in [9.17, 15) is 14.9 Å². The van der Waals surface area contributed by atoms with E-state index in [0.717, 1.165) is 49.1 Å². The molecular formula is C37H43N9O4. The van der Waals surface area contributed by atoms with Crippen LogP contribution in [0.3, 0.4) is 0 Å². The van der Waals surface area contributed by atoms with Crippen molar-refractivity contribution in [2.24, 2.45) is 0 Å². The fraction of sp³-hybridized carbons (Fsp3) is 0.378. The van der Waals surface area contributed by atoms with Crippen molar-refractivity contribution in [3.8, 4) is 11.8 Å². The second-order valence-corrected chi connectivity index (χ2v) is 12.6. The summed E-state index contributed by atoms with van der Waals surface area (Å²) in [7, 11) is 3.72. The Bertz CT molecular complexity index is 1830. The van der Waals surface area contributed by atoms with Crippen LogP contribution in [-0.4, -0.2) is 116 Å². The fourth-order valence-corrected chi connectivity index (χ4v) is 6.27. The second-order valence-electron chi connectivity index (χ2n) is 12.6. The molecule has 2 N–H and O–H groups in total. The Morgan fingerprint density at radius 3 is 2.52 bits per heavy atom. The van der Waals surface area contributed by atoms with Crippen LogP contribution < -0.4 is 20.3 Å². The minimum Gasteiger partial charge on any atom is -0.497 e. The number of likely N-dealkylation sites (N-methyl/N-ethyl adjacent to an activating group) is 1. The molecule has 3 heterocycles. The quantitative estimate of drug-likeness (QED) is 0.235. The molecule has 0 bridgehead atoms. The fourth-order valence-electron chi connectivity index (χ4n) is 6.27. The first-order valence-electron chi connectivity index (χ1n) is 16.9. The van der Waals surface area contributed by atoms with Crippen molar-refractivity contribution in [2.75, 3.05) is 88.6 Å². The summed E-state index contributed by atoms with van der Waals surface area (Å²) < 4.78 is 11.1. The van der Waals surface area contributed by atoms with Gasteiger partial charge in [0.05, 0.1) is 31.3 Å². The summed E-state index contributed by atoms with van der Waals surface area (Å²) in [4.78, 5) is 44.8. The normalized spacial score (nSPS) is 16.9. The average molecular weight is 678 g/mol. The van der Waals surface area contributed by atoms with Gasteiger partial charge in [-0.2, -0.15) is 10.2 Å². The van der Waals surface area contributed by atoms with E-state index in [0.29, 0.717) is 49.4 Å². The van der Waals surface area contributed by atoms with Crippen LogP contribution in [0.25, 0.3) is 10.8 Å². The molecule has 13 nitrogen and oxygen atoms in total. The van der Waals surface area contributed by atoms with Crippen molar-refractivity contribution < 1.29 is 19.1 Å². The molecule has 3 aromatic carbocycles. The molecular weight excluding hydrogens is 634 g/mol. The first-order valence-corrected chi connectivity index (χ1v) is 16.9. The van der Waals surface area contributed by atoms with Gasteiger partial charge in [0.1, 0.15) is 23.9 Å². The number of nitriles is 1. The number of anilines is 3. The van der Waals surface area contributed by atoms with Crippen molar-refractivity contribution in [3.05, 3.63) is 84.1 Å². The van der Waals surface area contributed by atoms with E-state index in [1.165, 1.54) is 0 Å². The minimum atomic E-state index is -0.465. The summed E-state index contributed by atoms with van der Waals surface area (Å²) in [5.74, 6) is 1.09. The number of benzene rings is 3. The van der Waals surface area contributed by atoms with Crippen LogP contribution in [0.4, 0.5) is 22.2 Å². The SMILES string of the molecule is COc1cc(NC(=O)c2cc(N3CCN(C(=O)OCc4ccccc4)[C@@H](CC#N)C3)nc(NCCN3CCN(C)CC3)n2)c2ccccc2c1. The number of methoxy groups -OCH3 is 1. The van der Waals surface area contributed by atoms with Crippen LogP contribution in [-0.2, 0) is 11.3 Å². The molecule has 4 aromatic rings. The number of amides is 2. The molecule has 0 radical (unpaired) electrons. The van der Waals surface area contributed by atoms with Crippen molar-refractivity contribution in [3.63, 3.8) is 0 Å². The Balaban J connectivity index is 1.22. The van der Waals surface area contributed by atoms with E-state index in [1.807, 2.05) is 65.6 Å². The molecule has 2 saturated heterocycles. The lowest BCUT2D eigenvalue weighted by Gasteiger charge is -2.40. The van der Waals surface area contributed by atoms with Gasteiger partial charge in [0.2, 0.25) is 5.95 Å². The van der Waals surface area contributed by atoms with E-state index >= 15 is 0 Å². The highest BCUT2D eigenvalue weighted by molar-refractivity contribution is 6.09. The smallest absolute Gasteiger partial charge is 0.410 e. The predicted octanol–water partition coefficient (Wildman–Crippen LogP) is 4.29. The Morgan fingerprint density at radius 2 is 1.74 bits per heavy atom. The van der Waals surface area contributed by atoms with Gasteiger partial charge in [-0.3, -0.25) is 9.69 Å². The van der Waals surface area contributed by atoms with Crippen LogP contribution in [0.5, 0.6) is 5.75 Å². The molecule has 1 aromatic heterocycles. The lowest BCUT2D eigenvalue weighted by molar-refractivity contribution is 0.0768. The Labute approximate surface area is 292 Å². The standard InChI is InChI=1S/C37H43N9O4/c1-43-16-18-44(19-17-43)15-14-39-36-41-33(35(47)40-32-23-30(49-2)22-28-10-6-7-11-31(28)32)24-34(42-36)45-20-21-46(29(25-45)12-13-38)37(48)50-26-27-8-4-3-5-9-27/h3-11,22-24,29H,12,14-21,25-26H2,1-2H3,(H,40,47)(H,39,41,42)/t29-/m0/s1. The van der Waals surface area contributed by atoms with Gasteiger partial charge < -0.3 is 34.8 Å². The number of piperazine rings is 2. The Morgan fingerprint density at radius 1 is 0.960 bits per heavy atom. The summed E-state index contributed by atoms with van der Waals surface area (Å²) in [6.45, 7) is 6.67. The van der Waals surface area contributed by atoms with Crippen LogP contribution in [0.15, 0.2) is 72.8 Å². The third-order valence-electron chi connectivity index (χ3n) is 9.14. The number of nitrogens with one attached hydrogen (secondary N) is 2. The zero-order valence-corrected chi connectivity index (χ0v) is 28.5. The molecule has 0 spiro atoms. The van der Waals surface area contributed by atoms with E-state index in [4.69, 9.17) is 14.5 Å². The van der Waals surface area contributed by atoms with Gasteiger partial charge in [-0.25, -0.2) is 9.78 Å². The molecule has 2 amide bonds. The second kappa shape index (κ2) is 16.3. The van der Waals surface area contributed by atoms with Gasteiger partial charge in [-0.1, -0.05) is 54.6 Å². The number of nitrogens with zero attached hydrogens (tertiary/aromatic N) is 7. The summed E-state index contributed by atoms with van der Waals surface area (Å²) in [6.07, 6.45) is -0.345. The first-order chi connectivity index (χ1) is 24.4. The highest BCUT2D eigenvalue weighted by Crippen LogP contribution is 2.30. The van der Waals surface area contributed by atoms with Crippen LogP contribution >= 0.6 is 0 Å². The lowest BCUT2D eigenvalue weighted by Crippen LogP contribution is -2.55. The number of hydrogen-bond donors (Lipinski definition) is 2. The van der Waals surface area contributed by atoms with Crippen molar-refractivity contribution in [1.29, 1.82) is 5.26 Å². The molecule has 13 heteroatoms. The van der Waals surface area contributed by atoms with E-state index < -0.39 is 18.0 Å². The maximum Gasteiger partial charge on any atom is 0.410 e. The van der Waals surface area contributed by atoms with E-state index in [1.54, 1.807) is 24.1 Å². The van der Waals surface area contributed by atoms with E-state index in [2.05, 4.69) is 38.5 Å². The topological polar surface area (TPSA) is 139 Å². The number of ether oxygens (including phenoxy) is 2. The maximum atomic E-state index is 13.9. The molecule has 0 saturated carbocycles. The summed E-state index contributed by atoms with van der Waals surface area (Å²) in [5, 5.41) is 17.9. The largest absolute Gasteiger partial charge is 0.497 e. The lowest BCUT2D eigenvalue weighted by atomic mass is 10.1. The summed E-state index contributed by atoms with van der Waals surface area (Å²) in [6, 6.07) is 24.4. The molecule has 0 aliphatic carbocycles. The van der Waals surface area contributed by atoms with Crippen LogP contribution in [0.1, 0.15) is 22.5 Å². The number of aromatic nitrogens is 2. The Hall–Kier alpha value is -5.45. The number of rotatable bonds is 11. The highest BCUT2D eigenvalue weighted by atomic mass is 16.6. The van der Waals surface area contributed by atoms with Crippen molar-refractivity contribution in [1.82, 2.24) is 24.7 Å². The zero-order chi connectivity index (χ0) is 34.9. The molecule has 2 aliphatic heterocycles. The highest BCUT2D eigenvalue weighted by Gasteiger charge is 2.33. The first kappa shape index (κ1) is 34.4. The molecule has 0 unspecified atom stereocenters. The number of carbonyl (C=O) groups is 2. The van der Waals surface area contributed by atoms with Gasteiger partial charge in [0.15, 0.2) is 0 Å². The van der Waals surface area contributed by atoms with Crippen LogP contribution in [0, 0.1) is 11.3 Å². The predicted molar refractivity (Wildman–Crippen MR) is 192 cm³/mol. The number of fused-ring (bicyclic) bond motifs is 1. The average Bonchev–Trinajstić information content (AvgIpc) is 3.15. The van der Waals surface area contributed by atoms with Crippen LogP contribution in [0.2, 0.25) is 0 Å². The third-order valence-corrected chi connectivity index (χ3v) is 9.14. The van der Waals surface area contributed by atoms with Gasteiger partial charge in [-0.05, 0) is 24.1 Å². The minimum absolute atomic E-state index is 0.119. The molecule has 50 heavy (non-hydrogen) atoms. The summed E-state index contributed by atoms with van der Waals surface area (Å²) in [5.41, 5.74) is 1.68. The monoisotopic (exact) mass is 677 g/mol. The molecule has 2 fully saturated rings. The van der Waals surface area contributed by atoms with E-state index in [-0.39, 0.29) is 18.7 Å². The molecule has 6 rings (SSSR count). The van der Waals surface area contributed by atoms with Crippen molar-refractivity contribution in [2.45, 2.75) is 19.1 Å². The van der Waals surface area contributed by atoms with Gasteiger partial charge in [-0.15, -0.1) is 0 Å². The molecule has 1 atom stereocenters. The number of hydrogen-bond acceptors (Lipinski definition) is 11. The van der Waals surface area contributed by atoms with Gasteiger partial charge in [0.25, 0.3) is 5.91 Å². The van der Waals surface area contributed by atoms with Gasteiger partial charge >= 0.3 is 6.09 Å². The summed E-state index contributed by atoms with van der Waals surface area (Å²) >= 11 is 0. The maximum absolute atomic E-state index is 13.9. The molecule has 260 valence electrons. The van der Waals surface area contributed by atoms with Crippen molar-refractivity contribution >= 4 is 40.2 Å². The molecule has 2 aliphatic rings. The number of carbonyl (C=O) groups excluding carboxylic acids is 2. The Kier molecular flexibility index (Phi) is 11.2. The third kappa shape index (κ3) is 8.58.